The third kappa shape index (κ3) is 3.45. The molecule has 1 aromatic heterocycles. The number of aromatic nitrogens is 1. The normalized spacial score (nSPS) is 16.4. The zero-order valence-electron chi connectivity index (χ0n) is 11.2. The molecule has 0 saturated carbocycles. The van der Waals surface area contributed by atoms with Crippen LogP contribution < -0.4 is 4.87 Å². The highest BCUT2D eigenvalue weighted by atomic mass is 32.1. The van der Waals surface area contributed by atoms with Gasteiger partial charge >= 0.3 is 10.8 Å². The lowest BCUT2D eigenvalue weighted by atomic mass is 10.3. The van der Waals surface area contributed by atoms with E-state index in [1.807, 2.05) is 0 Å². The van der Waals surface area contributed by atoms with Crippen molar-refractivity contribution >= 4 is 23.2 Å². The molecule has 1 amide bonds. The molecule has 1 aliphatic rings. The van der Waals surface area contributed by atoms with Crippen molar-refractivity contribution in [1.29, 1.82) is 0 Å². The SMILES string of the molecule is Cc1csc(=O)n1CC(=O)N1CCN(CC(=O)O)CC1. The van der Waals surface area contributed by atoms with Gasteiger partial charge in [0.1, 0.15) is 6.54 Å². The van der Waals surface area contributed by atoms with Gasteiger partial charge in [0.15, 0.2) is 0 Å². The molecule has 2 heterocycles. The number of hydrogen-bond donors (Lipinski definition) is 1. The highest BCUT2D eigenvalue weighted by Gasteiger charge is 2.22. The van der Waals surface area contributed by atoms with Crippen molar-refractivity contribution in [3.05, 3.63) is 20.7 Å². The average molecular weight is 299 g/mol. The predicted molar refractivity (Wildman–Crippen MR) is 74.0 cm³/mol. The quantitative estimate of drug-likeness (QED) is 0.806. The van der Waals surface area contributed by atoms with Crippen LogP contribution in [-0.4, -0.2) is 64.1 Å². The Balaban J connectivity index is 1.89. The van der Waals surface area contributed by atoms with Gasteiger partial charge in [0.25, 0.3) is 0 Å². The summed E-state index contributed by atoms with van der Waals surface area (Å²) in [5, 5.41) is 10.5. The van der Waals surface area contributed by atoms with E-state index in [4.69, 9.17) is 5.11 Å². The van der Waals surface area contributed by atoms with Crippen molar-refractivity contribution in [2.24, 2.45) is 0 Å². The average Bonchev–Trinajstić information content (AvgIpc) is 2.70. The van der Waals surface area contributed by atoms with Crippen LogP contribution in [0.15, 0.2) is 10.2 Å². The highest BCUT2D eigenvalue weighted by Crippen LogP contribution is 2.05. The van der Waals surface area contributed by atoms with Crippen LogP contribution >= 0.6 is 11.3 Å². The fraction of sp³-hybridized carbons (Fsp3) is 0.583. The second-order valence-corrected chi connectivity index (χ2v) is 5.60. The monoisotopic (exact) mass is 299 g/mol. The van der Waals surface area contributed by atoms with E-state index in [9.17, 15) is 14.4 Å². The van der Waals surface area contributed by atoms with Crippen LogP contribution in [0.3, 0.4) is 0 Å². The number of aliphatic carboxylic acids is 1. The van der Waals surface area contributed by atoms with Crippen LogP contribution in [0.2, 0.25) is 0 Å². The summed E-state index contributed by atoms with van der Waals surface area (Å²) in [5.41, 5.74) is 0.790. The van der Waals surface area contributed by atoms with E-state index in [0.29, 0.717) is 26.2 Å². The van der Waals surface area contributed by atoms with Crippen molar-refractivity contribution in [1.82, 2.24) is 14.4 Å². The number of nitrogens with zero attached hydrogens (tertiary/aromatic N) is 3. The number of carbonyl (C=O) groups is 2. The summed E-state index contributed by atoms with van der Waals surface area (Å²) in [4.78, 5) is 37.7. The van der Waals surface area contributed by atoms with E-state index < -0.39 is 5.97 Å². The standard InChI is InChI=1S/C12H17N3O4S/c1-9-8-20-12(19)15(9)6-10(16)14-4-2-13(3-5-14)7-11(17)18/h8H,2-7H2,1H3,(H,17,18). The van der Waals surface area contributed by atoms with Crippen LogP contribution in [-0.2, 0) is 16.1 Å². The Morgan fingerprint density at radius 2 is 1.90 bits per heavy atom. The van der Waals surface area contributed by atoms with Crippen LogP contribution in [0.1, 0.15) is 5.69 Å². The predicted octanol–water partition coefficient (Wildman–Crippen LogP) is -0.553. The highest BCUT2D eigenvalue weighted by molar-refractivity contribution is 7.07. The van der Waals surface area contributed by atoms with Crippen LogP contribution in [0, 0.1) is 6.92 Å². The smallest absolute Gasteiger partial charge is 0.317 e. The number of aryl methyl sites for hydroxylation is 1. The van der Waals surface area contributed by atoms with Crippen LogP contribution in [0.25, 0.3) is 0 Å². The Hall–Kier alpha value is -1.67. The molecule has 1 aliphatic heterocycles. The van der Waals surface area contributed by atoms with E-state index >= 15 is 0 Å². The molecule has 0 aliphatic carbocycles. The first kappa shape index (κ1) is 14.7. The molecule has 1 aromatic rings. The summed E-state index contributed by atoms with van der Waals surface area (Å²) in [5.74, 6) is -0.950. The molecular formula is C12H17N3O4S. The van der Waals surface area contributed by atoms with Crippen LogP contribution in [0.4, 0.5) is 0 Å². The Kier molecular flexibility index (Phi) is 4.56. The fourth-order valence-electron chi connectivity index (χ4n) is 2.18. The summed E-state index contributed by atoms with van der Waals surface area (Å²) >= 11 is 1.09. The van der Waals surface area contributed by atoms with Gasteiger partial charge in [-0.05, 0) is 6.92 Å². The molecule has 1 N–H and O–H groups in total. The zero-order chi connectivity index (χ0) is 14.7. The minimum absolute atomic E-state index is 0.00509. The maximum absolute atomic E-state index is 12.1. The number of carboxylic acid groups (broad SMARTS) is 1. The number of amides is 1. The number of thiazole rings is 1. The summed E-state index contributed by atoms with van der Waals surface area (Å²) in [6.45, 7) is 3.98. The fourth-order valence-corrected chi connectivity index (χ4v) is 2.91. The molecule has 0 unspecified atom stereocenters. The molecule has 20 heavy (non-hydrogen) atoms. The van der Waals surface area contributed by atoms with Gasteiger partial charge in [-0.2, -0.15) is 0 Å². The molecule has 2 rings (SSSR count). The lowest BCUT2D eigenvalue weighted by Crippen LogP contribution is -2.50. The molecule has 110 valence electrons. The topological polar surface area (TPSA) is 82.9 Å². The molecule has 0 radical (unpaired) electrons. The van der Waals surface area contributed by atoms with Gasteiger partial charge < -0.3 is 10.0 Å². The van der Waals surface area contributed by atoms with Crippen molar-refractivity contribution in [2.75, 3.05) is 32.7 Å². The maximum atomic E-state index is 12.1. The molecule has 8 heteroatoms. The molecule has 0 aromatic carbocycles. The summed E-state index contributed by atoms with van der Waals surface area (Å²) in [7, 11) is 0. The molecule has 7 nitrogen and oxygen atoms in total. The van der Waals surface area contributed by atoms with Gasteiger partial charge in [-0.3, -0.25) is 23.9 Å². The van der Waals surface area contributed by atoms with Crippen molar-refractivity contribution in [2.45, 2.75) is 13.5 Å². The Bertz CT molecular complexity index is 557. The number of carbonyl (C=O) groups excluding carboxylic acids is 1. The zero-order valence-corrected chi connectivity index (χ0v) is 12.1. The minimum atomic E-state index is -0.856. The number of hydrogen-bond acceptors (Lipinski definition) is 5. The molecule has 0 atom stereocenters. The Morgan fingerprint density at radius 1 is 1.25 bits per heavy atom. The molecular weight excluding hydrogens is 282 g/mol. The Labute approximate surface area is 120 Å². The van der Waals surface area contributed by atoms with Crippen molar-refractivity contribution in [3.8, 4) is 0 Å². The van der Waals surface area contributed by atoms with Crippen molar-refractivity contribution in [3.63, 3.8) is 0 Å². The van der Waals surface area contributed by atoms with Gasteiger partial charge in [0.05, 0.1) is 6.54 Å². The van der Waals surface area contributed by atoms with E-state index in [1.165, 1.54) is 4.57 Å². The van der Waals surface area contributed by atoms with Gasteiger partial charge in [0.2, 0.25) is 5.91 Å². The number of carboxylic acids is 1. The largest absolute Gasteiger partial charge is 0.480 e. The summed E-state index contributed by atoms with van der Waals surface area (Å²) in [6, 6.07) is 0. The van der Waals surface area contributed by atoms with E-state index in [2.05, 4.69) is 0 Å². The first-order chi connectivity index (χ1) is 9.47. The van der Waals surface area contributed by atoms with Crippen molar-refractivity contribution < 1.29 is 14.7 Å². The van der Waals surface area contributed by atoms with Gasteiger partial charge in [-0.15, -0.1) is 0 Å². The molecule has 0 spiro atoms. The van der Waals surface area contributed by atoms with E-state index in [0.717, 1.165) is 17.0 Å². The van der Waals surface area contributed by atoms with Gasteiger partial charge in [-0.1, -0.05) is 11.3 Å². The third-order valence-electron chi connectivity index (χ3n) is 3.35. The minimum Gasteiger partial charge on any atom is -0.480 e. The first-order valence-corrected chi connectivity index (χ1v) is 7.22. The van der Waals surface area contributed by atoms with E-state index in [1.54, 1.807) is 22.1 Å². The molecule has 1 saturated heterocycles. The lowest BCUT2D eigenvalue weighted by molar-refractivity contribution is -0.139. The first-order valence-electron chi connectivity index (χ1n) is 6.34. The van der Waals surface area contributed by atoms with Gasteiger partial charge in [-0.25, -0.2) is 0 Å². The van der Waals surface area contributed by atoms with Crippen LogP contribution in [0.5, 0.6) is 0 Å². The second-order valence-electron chi connectivity index (χ2n) is 4.78. The molecule has 1 fully saturated rings. The number of piperazine rings is 1. The van der Waals surface area contributed by atoms with E-state index in [-0.39, 0.29) is 23.9 Å². The lowest BCUT2D eigenvalue weighted by Gasteiger charge is -2.33. The molecule has 0 bridgehead atoms. The van der Waals surface area contributed by atoms with Gasteiger partial charge in [0, 0.05) is 37.3 Å². The Morgan fingerprint density at radius 3 is 2.40 bits per heavy atom. The number of rotatable bonds is 4. The third-order valence-corrected chi connectivity index (χ3v) is 4.23. The second kappa shape index (κ2) is 6.19. The summed E-state index contributed by atoms with van der Waals surface area (Å²) < 4.78 is 1.47. The summed E-state index contributed by atoms with van der Waals surface area (Å²) in [6.07, 6.45) is 0. The maximum Gasteiger partial charge on any atom is 0.317 e.